The van der Waals surface area contributed by atoms with Crippen LogP contribution in [0.5, 0.6) is 0 Å². The molecule has 1 N–H and O–H groups in total. The Balaban J connectivity index is 2.24. The maximum atomic E-state index is 13.4. The second-order valence-corrected chi connectivity index (χ2v) is 4.99. The Morgan fingerprint density at radius 2 is 1.70 bits per heavy atom. The second-order valence-electron chi connectivity index (χ2n) is 3.97. The molecule has 0 aliphatic carbocycles. The number of carboxylic acids is 1. The standard InChI is InChI=1S/C14H9F3O2S/c15-9-1-3-11(14(18)19)8(5-9)7-20-13-6-10(16)2-4-12(13)17/h1-6H,7H2,(H,18,19). The largest absolute Gasteiger partial charge is 0.478 e. The first-order chi connectivity index (χ1) is 9.47. The molecule has 0 saturated carbocycles. The van der Waals surface area contributed by atoms with Gasteiger partial charge in [-0.25, -0.2) is 18.0 Å². The van der Waals surface area contributed by atoms with E-state index in [1.165, 1.54) is 0 Å². The molecule has 0 aliphatic heterocycles. The van der Waals surface area contributed by atoms with Gasteiger partial charge in [0, 0.05) is 10.6 Å². The molecular weight excluding hydrogens is 289 g/mol. The Labute approximate surface area is 117 Å². The monoisotopic (exact) mass is 298 g/mol. The van der Waals surface area contributed by atoms with E-state index in [4.69, 9.17) is 5.11 Å². The Bertz CT molecular complexity index is 659. The Morgan fingerprint density at radius 3 is 2.40 bits per heavy atom. The fraction of sp³-hybridized carbons (Fsp3) is 0.0714. The molecule has 0 aliphatic rings. The molecule has 104 valence electrons. The maximum absolute atomic E-state index is 13.4. The average molecular weight is 298 g/mol. The van der Waals surface area contributed by atoms with Crippen LogP contribution in [-0.2, 0) is 5.75 Å². The highest BCUT2D eigenvalue weighted by atomic mass is 32.2. The van der Waals surface area contributed by atoms with Crippen molar-refractivity contribution in [2.24, 2.45) is 0 Å². The summed E-state index contributed by atoms with van der Waals surface area (Å²) in [5.41, 5.74) is 0.155. The topological polar surface area (TPSA) is 37.3 Å². The number of carboxylic acid groups (broad SMARTS) is 1. The van der Waals surface area contributed by atoms with E-state index in [-0.39, 0.29) is 21.8 Å². The zero-order valence-corrected chi connectivity index (χ0v) is 10.9. The van der Waals surface area contributed by atoms with E-state index in [0.29, 0.717) is 0 Å². The molecular formula is C14H9F3O2S. The predicted octanol–water partition coefficient (Wildman–Crippen LogP) is 4.09. The number of hydrogen-bond acceptors (Lipinski definition) is 2. The van der Waals surface area contributed by atoms with Crippen molar-refractivity contribution >= 4 is 17.7 Å². The quantitative estimate of drug-likeness (QED) is 0.864. The van der Waals surface area contributed by atoms with Crippen LogP contribution in [0.15, 0.2) is 41.3 Å². The molecule has 2 aromatic rings. The number of benzene rings is 2. The fourth-order valence-corrected chi connectivity index (χ4v) is 2.59. The Kier molecular flexibility index (Phi) is 4.34. The van der Waals surface area contributed by atoms with Crippen molar-refractivity contribution in [3.05, 3.63) is 65.0 Å². The van der Waals surface area contributed by atoms with Crippen molar-refractivity contribution in [2.75, 3.05) is 0 Å². The first-order valence-electron chi connectivity index (χ1n) is 5.57. The van der Waals surface area contributed by atoms with Gasteiger partial charge in [0.05, 0.1) is 5.56 Å². The van der Waals surface area contributed by atoms with Crippen LogP contribution in [0.3, 0.4) is 0 Å². The zero-order valence-electron chi connectivity index (χ0n) is 10.1. The van der Waals surface area contributed by atoms with Gasteiger partial charge in [0.15, 0.2) is 0 Å². The van der Waals surface area contributed by atoms with Crippen LogP contribution < -0.4 is 0 Å². The van der Waals surface area contributed by atoms with Crippen molar-refractivity contribution < 1.29 is 23.1 Å². The summed E-state index contributed by atoms with van der Waals surface area (Å²) >= 11 is 0.910. The summed E-state index contributed by atoms with van der Waals surface area (Å²) < 4.78 is 39.6. The number of halogens is 3. The smallest absolute Gasteiger partial charge is 0.335 e. The van der Waals surface area contributed by atoms with Crippen molar-refractivity contribution in [3.8, 4) is 0 Å². The lowest BCUT2D eigenvalue weighted by molar-refractivity contribution is 0.0696. The van der Waals surface area contributed by atoms with Gasteiger partial charge in [-0.1, -0.05) is 0 Å². The number of rotatable bonds is 4. The van der Waals surface area contributed by atoms with Gasteiger partial charge in [-0.05, 0) is 42.0 Å². The molecule has 0 heterocycles. The van der Waals surface area contributed by atoms with Crippen LogP contribution in [0.25, 0.3) is 0 Å². The number of aromatic carboxylic acids is 1. The molecule has 2 nitrogen and oxygen atoms in total. The van der Waals surface area contributed by atoms with Gasteiger partial charge in [0.1, 0.15) is 17.5 Å². The SMILES string of the molecule is O=C(O)c1ccc(F)cc1CSc1cc(F)ccc1F. The zero-order chi connectivity index (χ0) is 14.7. The van der Waals surface area contributed by atoms with Crippen molar-refractivity contribution in [3.63, 3.8) is 0 Å². The van der Waals surface area contributed by atoms with E-state index in [0.717, 1.165) is 48.2 Å². The van der Waals surface area contributed by atoms with Crippen LogP contribution in [0.2, 0.25) is 0 Å². The fourth-order valence-electron chi connectivity index (χ4n) is 1.63. The third kappa shape index (κ3) is 3.33. The third-order valence-electron chi connectivity index (χ3n) is 2.57. The molecule has 0 amide bonds. The van der Waals surface area contributed by atoms with Crippen molar-refractivity contribution in [1.82, 2.24) is 0 Å². The van der Waals surface area contributed by atoms with Crippen LogP contribution in [0, 0.1) is 17.5 Å². The molecule has 0 aromatic heterocycles. The van der Waals surface area contributed by atoms with Gasteiger partial charge in [-0.2, -0.15) is 0 Å². The molecule has 2 rings (SSSR count). The molecule has 20 heavy (non-hydrogen) atoms. The van der Waals surface area contributed by atoms with Crippen LogP contribution in [0.4, 0.5) is 13.2 Å². The highest BCUT2D eigenvalue weighted by Crippen LogP contribution is 2.28. The summed E-state index contributed by atoms with van der Waals surface area (Å²) in [4.78, 5) is 11.0. The Morgan fingerprint density at radius 1 is 1.05 bits per heavy atom. The summed E-state index contributed by atoms with van der Waals surface area (Å²) in [6.07, 6.45) is 0. The van der Waals surface area contributed by atoms with E-state index in [9.17, 15) is 18.0 Å². The van der Waals surface area contributed by atoms with E-state index >= 15 is 0 Å². The Hall–Kier alpha value is -1.95. The molecule has 0 atom stereocenters. The van der Waals surface area contributed by atoms with Gasteiger partial charge in [-0.3, -0.25) is 0 Å². The van der Waals surface area contributed by atoms with E-state index < -0.39 is 23.4 Å². The highest BCUT2D eigenvalue weighted by Gasteiger charge is 2.12. The molecule has 0 spiro atoms. The van der Waals surface area contributed by atoms with Gasteiger partial charge in [0.25, 0.3) is 0 Å². The normalized spacial score (nSPS) is 10.6. The minimum Gasteiger partial charge on any atom is -0.478 e. The maximum Gasteiger partial charge on any atom is 0.335 e. The first kappa shape index (κ1) is 14.5. The average Bonchev–Trinajstić information content (AvgIpc) is 2.39. The van der Waals surface area contributed by atoms with Gasteiger partial charge in [0.2, 0.25) is 0 Å². The summed E-state index contributed by atoms with van der Waals surface area (Å²) in [5, 5.41) is 8.99. The summed E-state index contributed by atoms with van der Waals surface area (Å²) in [5.74, 6) is -2.94. The van der Waals surface area contributed by atoms with E-state index in [2.05, 4.69) is 0 Å². The summed E-state index contributed by atoms with van der Waals surface area (Å²) in [6, 6.07) is 6.26. The number of hydrogen-bond donors (Lipinski definition) is 1. The minimum absolute atomic E-state index is 0.0275. The van der Waals surface area contributed by atoms with Crippen LogP contribution in [0.1, 0.15) is 15.9 Å². The lowest BCUT2D eigenvalue weighted by Crippen LogP contribution is -2.02. The summed E-state index contributed by atoms with van der Waals surface area (Å²) in [7, 11) is 0. The minimum atomic E-state index is -1.19. The first-order valence-corrected chi connectivity index (χ1v) is 6.55. The van der Waals surface area contributed by atoms with Gasteiger partial charge < -0.3 is 5.11 Å². The highest BCUT2D eigenvalue weighted by molar-refractivity contribution is 7.98. The number of thioether (sulfide) groups is 1. The van der Waals surface area contributed by atoms with Crippen LogP contribution >= 0.6 is 11.8 Å². The number of carbonyl (C=O) groups is 1. The van der Waals surface area contributed by atoms with E-state index in [1.807, 2.05) is 0 Å². The van der Waals surface area contributed by atoms with Gasteiger partial charge in [-0.15, -0.1) is 11.8 Å². The van der Waals surface area contributed by atoms with E-state index in [1.54, 1.807) is 0 Å². The van der Waals surface area contributed by atoms with Crippen LogP contribution in [-0.4, -0.2) is 11.1 Å². The predicted molar refractivity (Wildman–Crippen MR) is 69.3 cm³/mol. The summed E-state index contributed by atoms with van der Waals surface area (Å²) in [6.45, 7) is 0. The second kappa shape index (κ2) is 6.00. The van der Waals surface area contributed by atoms with Crippen molar-refractivity contribution in [2.45, 2.75) is 10.6 Å². The lowest BCUT2D eigenvalue weighted by atomic mass is 10.1. The molecule has 6 heteroatoms. The molecule has 0 bridgehead atoms. The lowest BCUT2D eigenvalue weighted by Gasteiger charge is -2.07. The molecule has 0 saturated heterocycles. The third-order valence-corrected chi connectivity index (χ3v) is 3.65. The molecule has 0 radical (unpaired) electrons. The van der Waals surface area contributed by atoms with Gasteiger partial charge >= 0.3 is 5.97 Å². The molecule has 0 unspecified atom stereocenters. The molecule has 0 fully saturated rings. The molecule has 2 aromatic carbocycles. The van der Waals surface area contributed by atoms with Crippen molar-refractivity contribution in [1.29, 1.82) is 0 Å².